The second-order valence-electron chi connectivity index (χ2n) is 8.27. The van der Waals surface area contributed by atoms with E-state index in [1.54, 1.807) is 11.8 Å². The fourth-order valence-electron chi connectivity index (χ4n) is 4.42. The topological polar surface area (TPSA) is 52.7 Å². The van der Waals surface area contributed by atoms with E-state index in [1.807, 2.05) is 29.2 Å². The minimum Gasteiger partial charge on any atom is -0.355 e. The molecule has 5 nitrogen and oxygen atoms in total. The lowest BCUT2D eigenvalue weighted by atomic mass is 10.0. The number of anilines is 1. The molecule has 31 heavy (non-hydrogen) atoms. The van der Waals surface area contributed by atoms with E-state index in [0.717, 1.165) is 35.8 Å². The van der Waals surface area contributed by atoms with Crippen molar-refractivity contribution in [1.29, 1.82) is 0 Å². The number of nitrogens with zero attached hydrogens (tertiary/aromatic N) is 2. The number of carbonyl (C=O) groups is 2. The predicted molar refractivity (Wildman–Crippen MR) is 126 cm³/mol. The summed E-state index contributed by atoms with van der Waals surface area (Å²) in [5.74, 6) is 0.901. The van der Waals surface area contributed by atoms with Crippen LogP contribution in [0.3, 0.4) is 0 Å². The second-order valence-corrected chi connectivity index (χ2v) is 9.41. The van der Waals surface area contributed by atoms with Crippen LogP contribution in [0.5, 0.6) is 0 Å². The maximum absolute atomic E-state index is 12.8. The largest absolute Gasteiger partial charge is 0.355 e. The van der Waals surface area contributed by atoms with Gasteiger partial charge in [-0.15, -0.1) is 11.8 Å². The lowest BCUT2D eigenvalue weighted by molar-refractivity contribution is -0.125. The minimum absolute atomic E-state index is 0.0294. The lowest BCUT2D eigenvalue weighted by Gasteiger charge is -2.36. The predicted octanol–water partition coefficient (Wildman–Crippen LogP) is 4.08. The van der Waals surface area contributed by atoms with Gasteiger partial charge in [-0.25, -0.2) is 0 Å². The number of rotatable bonds is 7. The van der Waals surface area contributed by atoms with Crippen molar-refractivity contribution in [2.24, 2.45) is 0 Å². The number of likely N-dealkylation sites (tertiary alicyclic amines) is 1. The first-order valence-electron chi connectivity index (χ1n) is 11.3. The molecule has 1 saturated heterocycles. The molecule has 0 aromatic heterocycles. The molecule has 0 aliphatic carbocycles. The Balaban J connectivity index is 1.25. The van der Waals surface area contributed by atoms with E-state index in [1.165, 1.54) is 18.4 Å². The molecule has 0 spiro atoms. The van der Waals surface area contributed by atoms with Gasteiger partial charge in [0, 0.05) is 49.2 Å². The number of fused-ring (bicyclic) bond motifs is 1. The summed E-state index contributed by atoms with van der Waals surface area (Å²) >= 11 is 1.78. The Morgan fingerprint density at radius 1 is 0.968 bits per heavy atom. The summed E-state index contributed by atoms with van der Waals surface area (Å²) in [6, 6.07) is 18.9. The number of nitrogens with one attached hydrogen (secondary N) is 1. The molecule has 1 fully saturated rings. The van der Waals surface area contributed by atoms with Crippen LogP contribution in [-0.4, -0.2) is 48.1 Å². The highest BCUT2D eigenvalue weighted by Gasteiger charge is 2.25. The number of thioether (sulfide) groups is 1. The van der Waals surface area contributed by atoms with Crippen LogP contribution >= 0.6 is 11.8 Å². The highest BCUT2D eigenvalue weighted by atomic mass is 32.2. The molecule has 0 radical (unpaired) electrons. The average molecular weight is 438 g/mol. The SMILES string of the molecule is O=C(CCC(=O)N1CCSc2ccccc21)NCC1CCCCN1Cc1ccccc1. The van der Waals surface area contributed by atoms with Crippen molar-refractivity contribution in [3.05, 3.63) is 60.2 Å². The van der Waals surface area contributed by atoms with Crippen molar-refractivity contribution in [3.63, 3.8) is 0 Å². The minimum atomic E-state index is -0.0294. The number of piperidine rings is 1. The third-order valence-corrected chi connectivity index (χ3v) is 7.15. The smallest absolute Gasteiger partial charge is 0.227 e. The number of amides is 2. The molecule has 2 amide bonds. The molecule has 1 N–H and O–H groups in total. The zero-order valence-electron chi connectivity index (χ0n) is 18.0. The summed E-state index contributed by atoms with van der Waals surface area (Å²) in [7, 11) is 0. The highest BCUT2D eigenvalue weighted by molar-refractivity contribution is 7.99. The van der Waals surface area contributed by atoms with Crippen LogP contribution in [0.15, 0.2) is 59.5 Å². The highest BCUT2D eigenvalue weighted by Crippen LogP contribution is 2.34. The number of hydrogen-bond acceptors (Lipinski definition) is 4. The molecular weight excluding hydrogens is 406 g/mol. The summed E-state index contributed by atoms with van der Waals surface area (Å²) in [5.41, 5.74) is 2.29. The lowest BCUT2D eigenvalue weighted by Crippen LogP contribution is -2.46. The molecule has 2 aliphatic heterocycles. The molecule has 0 bridgehead atoms. The van der Waals surface area contributed by atoms with Gasteiger partial charge in [0.05, 0.1) is 5.69 Å². The number of benzene rings is 2. The Hall–Kier alpha value is -2.31. The van der Waals surface area contributed by atoms with Gasteiger partial charge in [-0.1, -0.05) is 48.9 Å². The van der Waals surface area contributed by atoms with E-state index in [2.05, 4.69) is 40.5 Å². The first-order valence-corrected chi connectivity index (χ1v) is 12.3. The molecule has 2 aromatic rings. The molecule has 6 heteroatoms. The van der Waals surface area contributed by atoms with Gasteiger partial charge in [0.2, 0.25) is 11.8 Å². The van der Waals surface area contributed by atoms with Gasteiger partial charge in [-0.05, 0) is 37.1 Å². The Bertz CT molecular complexity index is 889. The standard InChI is InChI=1S/C25H31N3O2S/c29-24(13-14-25(30)28-16-17-31-23-12-5-4-11-22(23)28)26-18-21-10-6-7-15-27(21)19-20-8-2-1-3-9-20/h1-5,8-9,11-12,21H,6-7,10,13-19H2,(H,26,29). The van der Waals surface area contributed by atoms with Gasteiger partial charge >= 0.3 is 0 Å². The van der Waals surface area contributed by atoms with Crippen LogP contribution < -0.4 is 10.2 Å². The quantitative estimate of drug-likeness (QED) is 0.709. The van der Waals surface area contributed by atoms with E-state index in [9.17, 15) is 9.59 Å². The summed E-state index contributed by atoms with van der Waals surface area (Å²) < 4.78 is 0. The van der Waals surface area contributed by atoms with Gasteiger partial charge in [0.25, 0.3) is 0 Å². The fraction of sp³-hybridized carbons (Fsp3) is 0.440. The molecule has 0 saturated carbocycles. The van der Waals surface area contributed by atoms with Crippen LogP contribution in [-0.2, 0) is 16.1 Å². The summed E-state index contributed by atoms with van der Waals surface area (Å²) in [4.78, 5) is 30.7. The van der Waals surface area contributed by atoms with Crippen LogP contribution in [0.4, 0.5) is 5.69 Å². The maximum Gasteiger partial charge on any atom is 0.227 e. The normalized spacial score (nSPS) is 19.0. The number of para-hydroxylation sites is 1. The first-order chi connectivity index (χ1) is 15.2. The Morgan fingerprint density at radius 3 is 2.65 bits per heavy atom. The first kappa shape index (κ1) is 21.9. The number of hydrogen-bond donors (Lipinski definition) is 1. The third kappa shape index (κ3) is 5.89. The maximum atomic E-state index is 12.8. The summed E-state index contributed by atoms with van der Waals surface area (Å²) in [6.07, 6.45) is 4.02. The van der Waals surface area contributed by atoms with Crippen molar-refractivity contribution in [1.82, 2.24) is 10.2 Å². The van der Waals surface area contributed by atoms with E-state index >= 15 is 0 Å². The van der Waals surface area contributed by atoms with E-state index in [0.29, 0.717) is 19.1 Å². The van der Waals surface area contributed by atoms with Gasteiger partial charge in [-0.3, -0.25) is 14.5 Å². The fourth-order valence-corrected chi connectivity index (χ4v) is 5.42. The van der Waals surface area contributed by atoms with E-state index < -0.39 is 0 Å². The zero-order chi connectivity index (χ0) is 21.5. The zero-order valence-corrected chi connectivity index (χ0v) is 18.8. The van der Waals surface area contributed by atoms with Gasteiger partial charge < -0.3 is 10.2 Å². The van der Waals surface area contributed by atoms with Crippen LogP contribution in [0, 0.1) is 0 Å². The molecule has 2 aliphatic rings. The third-order valence-electron chi connectivity index (χ3n) is 6.11. The van der Waals surface area contributed by atoms with Crippen molar-refractivity contribution in [2.75, 3.05) is 30.3 Å². The molecular formula is C25H31N3O2S. The molecule has 2 aromatic carbocycles. The van der Waals surface area contributed by atoms with Gasteiger partial charge in [-0.2, -0.15) is 0 Å². The van der Waals surface area contributed by atoms with E-state index in [-0.39, 0.29) is 24.7 Å². The number of carbonyl (C=O) groups excluding carboxylic acids is 2. The average Bonchev–Trinajstić information content (AvgIpc) is 2.82. The van der Waals surface area contributed by atoms with Gasteiger partial charge in [0.1, 0.15) is 0 Å². The van der Waals surface area contributed by atoms with Crippen LogP contribution in [0.2, 0.25) is 0 Å². The van der Waals surface area contributed by atoms with Crippen molar-refractivity contribution in [2.45, 2.75) is 49.6 Å². The van der Waals surface area contributed by atoms with Crippen molar-refractivity contribution in [3.8, 4) is 0 Å². The van der Waals surface area contributed by atoms with Gasteiger partial charge in [0.15, 0.2) is 0 Å². The molecule has 164 valence electrons. The Labute approximate surface area is 189 Å². The Morgan fingerprint density at radius 2 is 1.77 bits per heavy atom. The summed E-state index contributed by atoms with van der Waals surface area (Å²) in [6.45, 7) is 3.36. The van der Waals surface area contributed by atoms with Crippen molar-refractivity contribution < 1.29 is 9.59 Å². The monoisotopic (exact) mass is 437 g/mol. The molecule has 2 heterocycles. The molecule has 4 rings (SSSR count). The Kier molecular flexibility index (Phi) is 7.65. The molecule has 1 atom stereocenters. The van der Waals surface area contributed by atoms with Crippen molar-refractivity contribution >= 4 is 29.3 Å². The second kappa shape index (κ2) is 10.8. The van der Waals surface area contributed by atoms with Crippen LogP contribution in [0.25, 0.3) is 0 Å². The summed E-state index contributed by atoms with van der Waals surface area (Å²) in [5, 5.41) is 3.09. The van der Waals surface area contributed by atoms with E-state index in [4.69, 9.17) is 0 Å². The van der Waals surface area contributed by atoms with Crippen LogP contribution in [0.1, 0.15) is 37.7 Å². The molecule has 1 unspecified atom stereocenters.